The molecule has 5 nitrogen and oxygen atoms in total. The summed E-state index contributed by atoms with van der Waals surface area (Å²) in [5.74, 6) is 1.47. The highest BCUT2D eigenvalue weighted by Crippen LogP contribution is 2.53. The molecule has 1 saturated heterocycles. The van der Waals surface area contributed by atoms with Gasteiger partial charge in [0.05, 0.1) is 0 Å². The number of aryl methyl sites for hydroxylation is 3. The molecule has 1 saturated carbocycles. The van der Waals surface area contributed by atoms with E-state index in [1.54, 1.807) is 6.33 Å². The Kier molecular flexibility index (Phi) is 3.89. The van der Waals surface area contributed by atoms with E-state index in [9.17, 15) is 4.79 Å². The number of hydrogen-bond donors (Lipinski definition) is 0. The molecule has 1 amide bonds. The van der Waals surface area contributed by atoms with E-state index >= 15 is 0 Å². The molecule has 1 unspecified atom stereocenters. The molecule has 2 fully saturated rings. The van der Waals surface area contributed by atoms with Crippen LogP contribution in [0.25, 0.3) is 0 Å². The summed E-state index contributed by atoms with van der Waals surface area (Å²) in [5.41, 5.74) is 3.27. The molecule has 1 spiro atoms. The first-order valence-electron chi connectivity index (χ1n) is 9.20. The fourth-order valence-electron chi connectivity index (χ4n) is 4.95. The molecule has 0 N–H and O–H groups in total. The number of carbonyl (C=O) groups is 1. The molecule has 0 bridgehead atoms. The van der Waals surface area contributed by atoms with E-state index in [4.69, 9.17) is 0 Å². The van der Waals surface area contributed by atoms with Crippen molar-refractivity contribution >= 4 is 5.91 Å². The molecule has 0 radical (unpaired) electrons. The lowest BCUT2D eigenvalue weighted by Gasteiger charge is -2.28. The van der Waals surface area contributed by atoms with Crippen LogP contribution in [0.1, 0.15) is 58.9 Å². The molecular weight excluding hydrogens is 312 g/mol. The lowest BCUT2D eigenvalue weighted by atomic mass is 9.76. The predicted octanol–water partition coefficient (Wildman–Crippen LogP) is 3.23. The Balaban J connectivity index is 1.66. The molecule has 2 aliphatic rings. The first kappa shape index (κ1) is 16.3. The quantitative estimate of drug-likeness (QED) is 0.845. The van der Waals surface area contributed by atoms with Crippen LogP contribution in [0.4, 0.5) is 0 Å². The minimum absolute atomic E-state index is 0.155. The molecule has 1 aromatic carbocycles. The second-order valence-corrected chi connectivity index (χ2v) is 7.98. The van der Waals surface area contributed by atoms with Gasteiger partial charge in [-0.05, 0) is 44.2 Å². The predicted molar refractivity (Wildman–Crippen MR) is 96.5 cm³/mol. The van der Waals surface area contributed by atoms with E-state index < -0.39 is 0 Å². The molecule has 4 rings (SSSR count). The van der Waals surface area contributed by atoms with E-state index in [1.165, 1.54) is 25.7 Å². The van der Waals surface area contributed by atoms with E-state index in [0.29, 0.717) is 0 Å². The van der Waals surface area contributed by atoms with Crippen molar-refractivity contribution in [3.63, 3.8) is 0 Å². The zero-order valence-corrected chi connectivity index (χ0v) is 15.3. The van der Waals surface area contributed by atoms with Gasteiger partial charge < -0.3 is 9.47 Å². The second kappa shape index (κ2) is 5.97. The van der Waals surface area contributed by atoms with Crippen molar-refractivity contribution in [2.45, 2.75) is 45.4 Å². The second-order valence-electron chi connectivity index (χ2n) is 7.98. The van der Waals surface area contributed by atoms with Gasteiger partial charge in [0.25, 0.3) is 5.91 Å². The van der Waals surface area contributed by atoms with Crippen LogP contribution in [-0.4, -0.2) is 38.7 Å². The van der Waals surface area contributed by atoms with Crippen molar-refractivity contribution in [3.05, 3.63) is 47.0 Å². The highest BCUT2D eigenvalue weighted by molar-refractivity contribution is 5.95. The van der Waals surface area contributed by atoms with Crippen molar-refractivity contribution in [2.75, 3.05) is 13.1 Å². The number of hydrogen-bond acceptors (Lipinski definition) is 3. The normalized spacial score (nSPS) is 22.0. The van der Waals surface area contributed by atoms with E-state index in [1.807, 2.05) is 23.7 Å². The zero-order chi connectivity index (χ0) is 17.6. The maximum Gasteiger partial charge on any atom is 0.253 e. The summed E-state index contributed by atoms with van der Waals surface area (Å²) in [6.07, 6.45) is 6.63. The van der Waals surface area contributed by atoms with Crippen LogP contribution in [-0.2, 0) is 7.05 Å². The van der Waals surface area contributed by atoms with Gasteiger partial charge in [-0.3, -0.25) is 4.79 Å². The van der Waals surface area contributed by atoms with Gasteiger partial charge in [0.2, 0.25) is 0 Å². The summed E-state index contributed by atoms with van der Waals surface area (Å²) in [5, 5.41) is 8.47. The zero-order valence-electron chi connectivity index (χ0n) is 15.3. The maximum absolute atomic E-state index is 13.2. The summed E-state index contributed by atoms with van der Waals surface area (Å²) in [6.45, 7) is 5.69. The fourth-order valence-corrected chi connectivity index (χ4v) is 4.95. The molecule has 1 atom stereocenters. The summed E-state index contributed by atoms with van der Waals surface area (Å²) in [6, 6.07) is 6.13. The van der Waals surface area contributed by atoms with Gasteiger partial charge in [-0.25, -0.2) is 0 Å². The van der Waals surface area contributed by atoms with Gasteiger partial charge in [0, 0.05) is 31.6 Å². The van der Waals surface area contributed by atoms with E-state index in [-0.39, 0.29) is 17.2 Å². The lowest BCUT2D eigenvalue weighted by molar-refractivity contribution is 0.0773. The van der Waals surface area contributed by atoms with Gasteiger partial charge in [-0.1, -0.05) is 30.0 Å². The standard InChI is InChI=1S/C20H26N4O/c1-14-8-15(2)10-16(9-14)19(25)24-11-17(18-22-21-13-23(18)3)20(12-24)6-4-5-7-20/h8-10,13,17H,4-7,11-12H2,1-3H3. The van der Waals surface area contributed by atoms with Crippen molar-refractivity contribution in [3.8, 4) is 0 Å². The van der Waals surface area contributed by atoms with Gasteiger partial charge in [0.15, 0.2) is 0 Å². The fraction of sp³-hybridized carbons (Fsp3) is 0.550. The van der Waals surface area contributed by atoms with Crippen molar-refractivity contribution < 1.29 is 4.79 Å². The number of nitrogens with zero attached hydrogens (tertiary/aromatic N) is 4. The molecule has 132 valence electrons. The smallest absolute Gasteiger partial charge is 0.253 e. The van der Waals surface area contributed by atoms with Gasteiger partial charge >= 0.3 is 0 Å². The molecule has 5 heteroatoms. The third kappa shape index (κ3) is 2.75. The Labute approximate surface area is 149 Å². The summed E-state index contributed by atoms with van der Waals surface area (Å²) >= 11 is 0. The topological polar surface area (TPSA) is 51.0 Å². The average molecular weight is 338 g/mol. The number of carbonyl (C=O) groups excluding carboxylic acids is 1. The first-order chi connectivity index (χ1) is 12.0. The molecule has 2 heterocycles. The highest BCUT2D eigenvalue weighted by Gasteiger charge is 2.51. The average Bonchev–Trinajstić information content (AvgIpc) is 3.27. The SMILES string of the molecule is Cc1cc(C)cc(C(=O)N2CC(c3nncn3C)C3(CCCC3)C2)c1. The number of benzene rings is 1. The third-order valence-electron chi connectivity index (χ3n) is 6.06. The minimum Gasteiger partial charge on any atom is -0.337 e. The van der Waals surface area contributed by atoms with Crippen molar-refractivity contribution in [1.82, 2.24) is 19.7 Å². The molecular formula is C20H26N4O. The minimum atomic E-state index is 0.155. The Morgan fingerprint density at radius 3 is 2.44 bits per heavy atom. The van der Waals surface area contributed by atoms with E-state index in [2.05, 4.69) is 35.0 Å². The van der Waals surface area contributed by atoms with Gasteiger partial charge in [-0.15, -0.1) is 10.2 Å². The Bertz CT molecular complexity index is 784. The number of likely N-dealkylation sites (tertiary alicyclic amines) is 1. The summed E-state index contributed by atoms with van der Waals surface area (Å²) in [4.78, 5) is 15.2. The van der Waals surface area contributed by atoms with Crippen molar-refractivity contribution in [2.24, 2.45) is 12.5 Å². The summed E-state index contributed by atoms with van der Waals surface area (Å²) < 4.78 is 2.02. The van der Waals surface area contributed by atoms with Crippen molar-refractivity contribution in [1.29, 1.82) is 0 Å². The van der Waals surface area contributed by atoms with E-state index in [0.717, 1.165) is 35.6 Å². The summed E-state index contributed by atoms with van der Waals surface area (Å²) in [7, 11) is 2.01. The first-order valence-corrected chi connectivity index (χ1v) is 9.20. The molecule has 1 aromatic heterocycles. The van der Waals surface area contributed by atoms with Gasteiger partial charge in [-0.2, -0.15) is 0 Å². The largest absolute Gasteiger partial charge is 0.337 e. The maximum atomic E-state index is 13.2. The molecule has 2 aromatic rings. The van der Waals surface area contributed by atoms with Crippen LogP contribution in [0.2, 0.25) is 0 Å². The lowest BCUT2D eigenvalue weighted by Crippen LogP contribution is -2.31. The monoisotopic (exact) mass is 338 g/mol. The number of rotatable bonds is 2. The van der Waals surface area contributed by atoms with Crippen LogP contribution >= 0.6 is 0 Å². The molecule has 1 aliphatic heterocycles. The Morgan fingerprint density at radius 2 is 1.84 bits per heavy atom. The van der Waals surface area contributed by atoms with Crippen LogP contribution in [0.3, 0.4) is 0 Å². The third-order valence-corrected chi connectivity index (χ3v) is 6.06. The Hall–Kier alpha value is -2.17. The highest BCUT2D eigenvalue weighted by atomic mass is 16.2. The molecule has 25 heavy (non-hydrogen) atoms. The van der Waals surface area contributed by atoms with Crippen LogP contribution in [0.5, 0.6) is 0 Å². The van der Waals surface area contributed by atoms with Crippen LogP contribution < -0.4 is 0 Å². The Morgan fingerprint density at radius 1 is 1.16 bits per heavy atom. The van der Waals surface area contributed by atoms with Crippen LogP contribution in [0, 0.1) is 19.3 Å². The number of amides is 1. The van der Waals surface area contributed by atoms with Crippen LogP contribution in [0.15, 0.2) is 24.5 Å². The van der Waals surface area contributed by atoms with Gasteiger partial charge in [0.1, 0.15) is 12.2 Å². The molecule has 1 aliphatic carbocycles. The number of aromatic nitrogens is 3.